The number of rotatable bonds is 2. The highest BCUT2D eigenvalue weighted by molar-refractivity contribution is 9.10. The van der Waals surface area contributed by atoms with Gasteiger partial charge in [0.2, 0.25) is 0 Å². The number of hydrogen-bond donors (Lipinski definition) is 1. The van der Waals surface area contributed by atoms with E-state index in [0.29, 0.717) is 11.2 Å². The Balaban J connectivity index is 1.99. The van der Waals surface area contributed by atoms with Gasteiger partial charge in [-0.25, -0.2) is 4.98 Å². The summed E-state index contributed by atoms with van der Waals surface area (Å²) in [5.74, 6) is 1.65. The van der Waals surface area contributed by atoms with E-state index in [2.05, 4.69) is 40.1 Å². The summed E-state index contributed by atoms with van der Waals surface area (Å²) in [6, 6.07) is 2.56. The zero-order chi connectivity index (χ0) is 12.4. The number of halogens is 2. The summed E-state index contributed by atoms with van der Waals surface area (Å²) >= 11 is 9.28. The van der Waals surface area contributed by atoms with Crippen molar-refractivity contribution in [1.82, 2.24) is 4.98 Å². The number of pyridine rings is 1. The molecule has 0 saturated heterocycles. The van der Waals surface area contributed by atoms with Gasteiger partial charge >= 0.3 is 0 Å². The van der Waals surface area contributed by atoms with Gasteiger partial charge in [0.1, 0.15) is 5.15 Å². The lowest BCUT2D eigenvalue weighted by atomic mass is 9.79. The van der Waals surface area contributed by atoms with E-state index in [-0.39, 0.29) is 0 Å². The molecule has 1 saturated carbocycles. The van der Waals surface area contributed by atoms with Gasteiger partial charge in [-0.2, -0.15) is 0 Å². The Morgan fingerprint density at radius 3 is 2.76 bits per heavy atom. The second kappa shape index (κ2) is 5.57. The van der Waals surface area contributed by atoms with Crippen LogP contribution in [-0.2, 0) is 0 Å². The van der Waals surface area contributed by atoms with Gasteiger partial charge in [0.25, 0.3) is 0 Å². The molecule has 2 nitrogen and oxygen atoms in total. The van der Waals surface area contributed by atoms with Crippen LogP contribution in [0.1, 0.15) is 33.1 Å². The van der Waals surface area contributed by atoms with E-state index in [4.69, 9.17) is 11.6 Å². The standard InChI is InChI=1S/C13H18BrClN2/c1-8-3-4-10(5-9(8)2)17-11-6-12(14)13(15)16-7-11/h6-10,17H,3-5H2,1-2H3. The molecule has 0 aromatic carbocycles. The minimum Gasteiger partial charge on any atom is -0.381 e. The smallest absolute Gasteiger partial charge is 0.143 e. The van der Waals surface area contributed by atoms with Gasteiger partial charge in [0.05, 0.1) is 16.4 Å². The van der Waals surface area contributed by atoms with E-state index in [1.807, 2.05) is 6.07 Å². The molecule has 1 fully saturated rings. The van der Waals surface area contributed by atoms with Crippen molar-refractivity contribution in [2.75, 3.05) is 5.32 Å². The second-order valence-corrected chi connectivity index (χ2v) is 6.32. The lowest BCUT2D eigenvalue weighted by molar-refractivity contribution is 0.261. The zero-order valence-corrected chi connectivity index (χ0v) is 12.6. The summed E-state index contributed by atoms with van der Waals surface area (Å²) in [4.78, 5) is 4.13. The van der Waals surface area contributed by atoms with Crippen LogP contribution in [0.2, 0.25) is 5.15 Å². The first-order valence-electron chi connectivity index (χ1n) is 6.14. The molecule has 1 N–H and O–H groups in total. The maximum Gasteiger partial charge on any atom is 0.143 e. The van der Waals surface area contributed by atoms with Crippen LogP contribution in [-0.4, -0.2) is 11.0 Å². The Labute approximate surface area is 116 Å². The summed E-state index contributed by atoms with van der Waals surface area (Å²) in [6.07, 6.45) is 5.59. The normalized spacial score (nSPS) is 29.1. The molecule has 1 aliphatic rings. The topological polar surface area (TPSA) is 24.9 Å². The van der Waals surface area contributed by atoms with Crippen LogP contribution in [0.3, 0.4) is 0 Å². The highest BCUT2D eigenvalue weighted by Crippen LogP contribution is 2.31. The zero-order valence-electron chi connectivity index (χ0n) is 10.2. The van der Waals surface area contributed by atoms with E-state index >= 15 is 0 Å². The second-order valence-electron chi connectivity index (χ2n) is 5.11. The first kappa shape index (κ1) is 13.2. The predicted octanol–water partition coefficient (Wildman–Crippen LogP) is 4.73. The molecule has 0 bridgehead atoms. The van der Waals surface area contributed by atoms with E-state index in [1.54, 1.807) is 6.20 Å². The van der Waals surface area contributed by atoms with Gasteiger partial charge in [-0.1, -0.05) is 25.4 Å². The Morgan fingerprint density at radius 2 is 2.12 bits per heavy atom. The van der Waals surface area contributed by atoms with Crippen LogP contribution in [0.4, 0.5) is 5.69 Å². The molecule has 1 aliphatic carbocycles. The van der Waals surface area contributed by atoms with E-state index in [1.165, 1.54) is 19.3 Å². The Bertz CT molecular complexity index is 397. The van der Waals surface area contributed by atoms with Gasteiger partial charge < -0.3 is 5.32 Å². The van der Waals surface area contributed by atoms with Gasteiger partial charge in [-0.3, -0.25) is 0 Å². The Morgan fingerprint density at radius 1 is 1.35 bits per heavy atom. The van der Waals surface area contributed by atoms with E-state index < -0.39 is 0 Å². The first-order chi connectivity index (χ1) is 8.06. The fourth-order valence-corrected chi connectivity index (χ4v) is 2.87. The summed E-state index contributed by atoms with van der Waals surface area (Å²) in [5, 5.41) is 4.06. The quantitative estimate of drug-likeness (QED) is 0.797. The number of anilines is 1. The summed E-state index contributed by atoms with van der Waals surface area (Å²) < 4.78 is 0.849. The van der Waals surface area contributed by atoms with Crippen molar-refractivity contribution in [1.29, 1.82) is 0 Å². The van der Waals surface area contributed by atoms with Crippen molar-refractivity contribution in [2.45, 2.75) is 39.2 Å². The van der Waals surface area contributed by atoms with Crippen molar-refractivity contribution < 1.29 is 0 Å². The number of hydrogen-bond acceptors (Lipinski definition) is 2. The molecule has 94 valence electrons. The van der Waals surface area contributed by atoms with Crippen LogP contribution in [0.15, 0.2) is 16.7 Å². The number of nitrogens with one attached hydrogen (secondary N) is 1. The molecule has 3 atom stereocenters. The SMILES string of the molecule is CC1CCC(Nc2cnc(Cl)c(Br)c2)CC1C. The molecular weight excluding hydrogens is 300 g/mol. The van der Waals surface area contributed by atoms with Crippen molar-refractivity contribution in [3.63, 3.8) is 0 Å². The third kappa shape index (κ3) is 3.35. The molecule has 0 spiro atoms. The Kier molecular flexibility index (Phi) is 4.31. The molecule has 0 radical (unpaired) electrons. The summed E-state index contributed by atoms with van der Waals surface area (Å²) in [5.41, 5.74) is 1.05. The van der Waals surface area contributed by atoms with Gasteiger partial charge in [-0.15, -0.1) is 0 Å². The van der Waals surface area contributed by atoms with Crippen molar-refractivity contribution in [3.05, 3.63) is 21.9 Å². The highest BCUT2D eigenvalue weighted by Gasteiger charge is 2.24. The van der Waals surface area contributed by atoms with E-state index in [9.17, 15) is 0 Å². The molecule has 0 aliphatic heterocycles. The van der Waals surface area contributed by atoms with Crippen molar-refractivity contribution >= 4 is 33.2 Å². The molecule has 1 aromatic heterocycles. The fraction of sp³-hybridized carbons (Fsp3) is 0.615. The summed E-state index contributed by atoms with van der Waals surface area (Å²) in [7, 11) is 0. The lowest BCUT2D eigenvalue weighted by Crippen LogP contribution is -2.30. The molecule has 3 unspecified atom stereocenters. The highest BCUT2D eigenvalue weighted by atomic mass is 79.9. The number of nitrogens with zero attached hydrogens (tertiary/aromatic N) is 1. The largest absolute Gasteiger partial charge is 0.381 e. The van der Waals surface area contributed by atoms with Crippen LogP contribution in [0.25, 0.3) is 0 Å². The van der Waals surface area contributed by atoms with Gasteiger partial charge in [-0.05, 0) is 53.1 Å². The average Bonchev–Trinajstić information content (AvgIpc) is 2.29. The minimum atomic E-state index is 0.515. The van der Waals surface area contributed by atoms with Crippen LogP contribution < -0.4 is 5.32 Å². The molecule has 4 heteroatoms. The fourth-order valence-electron chi connectivity index (χ4n) is 2.41. The third-order valence-electron chi connectivity index (χ3n) is 3.77. The van der Waals surface area contributed by atoms with Crippen molar-refractivity contribution in [2.24, 2.45) is 11.8 Å². The molecule has 0 amide bonds. The maximum atomic E-state index is 5.88. The van der Waals surface area contributed by atoms with Gasteiger partial charge in [0, 0.05) is 6.04 Å². The molecular formula is C13H18BrClN2. The average molecular weight is 318 g/mol. The Hall–Kier alpha value is -0.280. The van der Waals surface area contributed by atoms with Crippen LogP contribution >= 0.6 is 27.5 Å². The van der Waals surface area contributed by atoms with Crippen LogP contribution in [0.5, 0.6) is 0 Å². The molecule has 2 rings (SSSR count). The van der Waals surface area contributed by atoms with Crippen molar-refractivity contribution in [3.8, 4) is 0 Å². The van der Waals surface area contributed by atoms with E-state index in [0.717, 1.165) is 22.0 Å². The molecule has 1 heterocycles. The number of aromatic nitrogens is 1. The lowest BCUT2D eigenvalue weighted by Gasteiger charge is -2.33. The van der Waals surface area contributed by atoms with Gasteiger partial charge in [0.15, 0.2) is 0 Å². The van der Waals surface area contributed by atoms with Crippen LogP contribution in [0, 0.1) is 11.8 Å². The predicted molar refractivity (Wildman–Crippen MR) is 76.5 cm³/mol. The maximum absolute atomic E-state index is 5.88. The third-order valence-corrected chi connectivity index (χ3v) is 4.90. The minimum absolute atomic E-state index is 0.515. The molecule has 17 heavy (non-hydrogen) atoms. The summed E-state index contributed by atoms with van der Waals surface area (Å²) in [6.45, 7) is 4.69. The monoisotopic (exact) mass is 316 g/mol. The first-order valence-corrected chi connectivity index (χ1v) is 7.31. The molecule has 1 aromatic rings.